The molecule has 0 aliphatic heterocycles. The molecule has 0 aliphatic rings. The summed E-state index contributed by atoms with van der Waals surface area (Å²) in [5, 5.41) is 1.82. The van der Waals surface area contributed by atoms with Crippen molar-refractivity contribution in [3.63, 3.8) is 0 Å². The van der Waals surface area contributed by atoms with Gasteiger partial charge in [-0.2, -0.15) is 0 Å². The summed E-state index contributed by atoms with van der Waals surface area (Å²) in [4.78, 5) is 0. The third-order valence-electron chi connectivity index (χ3n) is 2.88. The Morgan fingerprint density at radius 1 is 1.04 bits per heavy atom. The van der Waals surface area contributed by atoms with Gasteiger partial charge in [-0.05, 0) is 29.5 Å². The molecule has 0 bridgehead atoms. The van der Waals surface area contributed by atoms with Crippen LogP contribution in [0.3, 0.4) is 0 Å². The van der Waals surface area contributed by atoms with E-state index in [0.29, 0.717) is 0 Å². The highest BCUT2D eigenvalue weighted by Crippen LogP contribution is 2.35. The zero-order valence-electron chi connectivity index (χ0n) is 13.3. The lowest BCUT2D eigenvalue weighted by atomic mass is 10.3. The minimum atomic E-state index is -3.87. The number of thiophene rings is 1. The molecule has 0 fully saturated rings. The summed E-state index contributed by atoms with van der Waals surface area (Å²) in [7, 11) is -7.55. The normalized spacial score (nSPS) is 12.4. The zero-order valence-corrected chi connectivity index (χ0v) is 17.2. The summed E-state index contributed by atoms with van der Waals surface area (Å²) < 4.78 is 54.0. The molecule has 1 heterocycles. The Morgan fingerprint density at radius 2 is 1.60 bits per heavy atom. The maximum atomic E-state index is 12.4. The number of nitrogens with one attached hydrogen (secondary N) is 2. The lowest BCUT2D eigenvalue weighted by Gasteiger charge is -2.16. The van der Waals surface area contributed by atoms with Gasteiger partial charge in [0.25, 0.3) is 10.0 Å². The summed E-state index contributed by atoms with van der Waals surface area (Å²) in [6.07, 6.45) is 0. The SMILES string of the molecule is CC(C)CS(=O)(=O)Nc1cc(Cl)c(Cl)cc1NS(=O)(=O)c1cccs1. The predicted molar refractivity (Wildman–Crippen MR) is 104 cm³/mol. The van der Waals surface area contributed by atoms with Crippen LogP contribution < -0.4 is 9.44 Å². The molecule has 11 heteroatoms. The first kappa shape index (κ1) is 20.3. The molecule has 6 nitrogen and oxygen atoms in total. The van der Waals surface area contributed by atoms with E-state index in [0.717, 1.165) is 11.3 Å². The third-order valence-corrected chi connectivity index (χ3v) is 8.00. The van der Waals surface area contributed by atoms with Gasteiger partial charge in [-0.25, -0.2) is 16.8 Å². The largest absolute Gasteiger partial charge is 0.281 e. The van der Waals surface area contributed by atoms with Gasteiger partial charge in [0.15, 0.2) is 0 Å². The summed E-state index contributed by atoms with van der Waals surface area (Å²) in [5.74, 6) is -0.226. The summed E-state index contributed by atoms with van der Waals surface area (Å²) in [5.41, 5.74) is 0.00492. The topological polar surface area (TPSA) is 92.3 Å². The second kappa shape index (κ2) is 7.71. The molecule has 2 aromatic rings. The lowest BCUT2D eigenvalue weighted by molar-refractivity contribution is 0.587. The predicted octanol–water partition coefficient (Wildman–Crippen LogP) is 4.25. The average Bonchev–Trinajstić information content (AvgIpc) is 2.97. The molecule has 0 amide bonds. The molecule has 1 aromatic heterocycles. The third kappa shape index (κ3) is 5.49. The molecule has 0 saturated heterocycles. The van der Waals surface area contributed by atoms with Gasteiger partial charge in [0, 0.05) is 0 Å². The van der Waals surface area contributed by atoms with Crippen LogP contribution in [0.1, 0.15) is 13.8 Å². The van der Waals surface area contributed by atoms with Crippen molar-refractivity contribution in [1.82, 2.24) is 0 Å². The van der Waals surface area contributed by atoms with Crippen LogP contribution in [0.4, 0.5) is 11.4 Å². The van der Waals surface area contributed by atoms with Crippen molar-refractivity contribution >= 4 is 66.0 Å². The monoisotopic (exact) mass is 442 g/mol. The van der Waals surface area contributed by atoms with Gasteiger partial charge in [0.1, 0.15) is 4.21 Å². The van der Waals surface area contributed by atoms with E-state index >= 15 is 0 Å². The Labute approximate surface area is 161 Å². The van der Waals surface area contributed by atoms with Gasteiger partial charge >= 0.3 is 0 Å². The molecule has 25 heavy (non-hydrogen) atoms. The fraction of sp³-hybridized carbons (Fsp3) is 0.286. The van der Waals surface area contributed by atoms with Crippen LogP contribution in [0.25, 0.3) is 0 Å². The van der Waals surface area contributed by atoms with Crippen molar-refractivity contribution in [2.45, 2.75) is 18.1 Å². The van der Waals surface area contributed by atoms with Crippen molar-refractivity contribution in [2.24, 2.45) is 5.92 Å². The van der Waals surface area contributed by atoms with E-state index < -0.39 is 20.0 Å². The van der Waals surface area contributed by atoms with Crippen molar-refractivity contribution in [3.8, 4) is 0 Å². The number of sulfonamides is 2. The average molecular weight is 443 g/mol. The van der Waals surface area contributed by atoms with E-state index in [9.17, 15) is 16.8 Å². The first-order valence-corrected chi connectivity index (χ1v) is 11.8. The minimum Gasteiger partial charge on any atom is -0.281 e. The maximum Gasteiger partial charge on any atom is 0.271 e. The standard InChI is InChI=1S/C14H16Cl2N2O4S3/c1-9(2)8-24(19,20)17-12-6-10(15)11(16)7-13(12)18-25(21,22)14-4-3-5-23-14/h3-7,9,17-18H,8H2,1-2H3. The van der Waals surface area contributed by atoms with Crippen LogP contribution >= 0.6 is 34.5 Å². The van der Waals surface area contributed by atoms with E-state index in [1.165, 1.54) is 18.2 Å². The molecule has 1 aromatic carbocycles. The molecule has 2 rings (SSSR count). The van der Waals surface area contributed by atoms with E-state index in [1.807, 2.05) is 0 Å². The number of anilines is 2. The Balaban J connectivity index is 2.43. The smallest absolute Gasteiger partial charge is 0.271 e. The number of halogens is 2. The fourth-order valence-corrected chi connectivity index (χ4v) is 5.83. The first-order chi connectivity index (χ1) is 11.5. The van der Waals surface area contributed by atoms with Crippen LogP contribution in [-0.2, 0) is 20.0 Å². The van der Waals surface area contributed by atoms with Gasteiger partial charge in [-0.3, -0.25) is 9.44 Å². The summed E-state index contributed by atoms with van der Waals surface area (Å²) in [6.45, 7) is 3.52. The van der Waals surface area contributed by atoms with Gasteiger partial charge in [-0.1, -0.05) is 43.1 Å². The molecule has 138 valence electrons. The quantitative estimate of drug-likeness (QED) is 0.669. The highest BCUT2D eigenvalue weighted by Gasteiger charge is 2.21. The molecule has 0 spiro atoms. The van der Waals surface area contributed by atoms with Crippen LogP contribution in [0.2, 0.25) is 10.0 Å². The zero-order chi connectivity index (χ0) is 18.8. The first-order valence-electron chi connectivity index (χ1n) is 7.06. The van der Waals surface area contributed by atoms with E-state index in [2.05, 4.69) is 9.44 Å². The van der Waals surface area contributed by atoms with Crippen LogP contribution in [-0.4, -0.2) is 22.6 Å². The Bertz CT molecular complexity index is 956. The molecule has 0 unspecified atom stereocenters. The van der Waals surface area contributed by atoms with Gasteiger partial charge in [0.05, 0.1) is 27.2 Å². The van der Waals surface area contributed by atoms with Crippen molar-refractivity contribution in [3.05, 3.63) is 39.7 Å². The van der Waals surface area contributed by atoms with Gasteiger partial charge in [0.2, 0.25) is 10.0 Å². The van der Waals surface area contributed by atoms with E-state index in [1.54, 1.807) is 25.3 Å². The van der Waals surface area contributed by atoms with Crippen LogP contribution in [0.15, 0.2) is 33.9 Å². The molecule has 0 atom stereocenters. The fourth-order valence-electron chi connectivity index (χ4n) is 1.98. The Hall–Kier alpha value is -1.00. The number of benzene rings is 1. The molecule has 0 saturated carbocycles. The minimum absolute atomic E-state index is 0.00451. The second-order valence-corrected chi connectivity index (χ2v) is 11.1. The highest BCUT2D eigenvalue weighted by atomic mass is 35.5. The Morgan fingerprint density at radius 3 is 2.08 bits per heavy atom. The second-order valence-electron chi connectivity index (χ2n) is 5.63. The Kier molecular flexibility index (Phi) is 6.26. The number of hydrogen-bond donors (Lipinski definition) is 2. The number of rotatable bonds is 7. The molecular weight excluding hydrogens is 427 g/mol. The highest BCUT2D eigenvalue weighted by molar-refractivity contribution is 7.94. The molecule has 0 radical (unpaired) electrons. The van der Waals surface area contributed by atoms with Crippen molar-refractivity contribution in [2.75, 3.05) is 15.2 Å². The van der Waals surface area contributed by atoms with Crippen molar-refractivity contribution in [1.29, 1.82) is 0 Å². The maximum absolute atomic E-state index is 12.4. The van der Waals surface area contributed by atoms with Crippen molar-refractivity contribution < 1.29 is 16.8 Å². The van der Waals surface area contributed by atoms with E-state index in [-0.39, 0.29) is 37.3 Å². The van der Waals surface area contributed by atoms with Gasteiger partial charge < -0.3 is 0 Å². The van der Waals surface area contributed by atoms with E-state index in [4.69, 9.17) is 23.2 Å². The number of hydrogen-bond acceptors (Lipinski definition) is 5. The van der Waals surface area contributed by atoms with Gasteiger partial charge in [-0.15, -0.1) is 11.3 Å². The summed E-state index contributed by atoms with van der Waals surface area (Å²) >= 11 is 12.9. The lowest BCUT2D eigenvalue weighted by Crippen LogP contribution is -2.21. The van der Waals surface area contributed by atoms with Crippen LogP contribution in [0, 0.1) is 5.92 Å². The molecular formula is C14H16Cl2N2O4S3. The molecule has 2 N–H and O–H groups in total. The summed E-state index contributed by atoms with van der Waals surface area (Å²) in [6, 6.07) is 5.57. The molecule has 0 aliphatic carbocycles. The van der Waals surface area contributed by atoms with Crippen LogP contribution in [0.5, 0.6) is 0 Å².